The average Bonchev–Trinajstić information content (AvgIpc) is 2.81. The molecule has 0 radical (unpaired) electrons. The molecule has 0 aliphatic heterocycles. The van der Waals surface area contributed by atoms with Crippen molar-refractivity contribution in [2.45, 2.75) is 0 Å². The van der Waals surface area contributed by atoms with E-state index in [9.17, 15) is 14.0 Å². The third kappa shape index (κ3) is 2.33. The standard InChI is InChI=1S/C12H6BrFO4/c13-7-2-1-6(5-8(7)14)11(15)9-3-4-10(18-9)12(16)17/h1-5H,(H,16,17). The second-order valence-corrected chi connectivity index (χ2v) is 4.28. The van der Waals surface area contributed by atoms with Crippen molar-refractivity contribution < 1.29 is 23.5 Å². The first kappa shape index (κ1) is 12.5. The van der Waals surface area contributed by atoms with Crippen molar-refractivity contribution in [1.29, 1.82) is 0 Å². The number of hydrogen-bond acceptors (Lipinski definition) is 3. The Bertz CT molecular complexity index is 633. The summed E-state index contributed by atoms with van der Waals surface area (Å²) >= 11 is 2.97. The van der Waals surface area contributed by atoms with Gasteiger partial charge in [-0.15, -0.1) is 0 Å². The van der Waals surface area contributed by atoms with Crippen molar-refractivity contribution in [2.75, 3.05) is 0 Å². The quantitative estimate of drug-likeness (QED) is 0.884. The summed E-state index contributed by atoms with van der Waals surface area (Å²) in [7, 11) is 0. The highest BCUT2D eigenvalue weighted by Crippen LogP contribution is 2.19. The number of ketones is 1. The Hall–Kier alpha value is -1.95. The monoisotopic (exact) mass is 312 g/mol. The molecule has 18 heavy (non-hydrogen) atoms. The normalized spacial score (nSPS) is 10.3. The first-order chi connectivity index (χ1) is 8.49. The van der Waals surface area contributed by atoms with Crippen LogP contribution in [0.2, 0.25) is 0 Å². The Morgan fingerprint density at radius 1 is 1.17 bits per heavy atom. The van der Waals surface area contributed by atoms with E-state index in [-0.39, 0.29) is 21.6 Å². The van der Waals surface area contributed by atoms with Gasteiger partial charge in [-0.3, -0.25) is 4.79 Å². The number of carbonyl (C=O) groups is 2. The molecule has 6 heteroatoms. The van der Waals surface area contributed by atoms with Gasteiger partial charge in [0.15, 0.2) is 5.76 Å². The second kappa shape index (κ2) is 4.73. The molecule has 1 heterocycles. The van der Waals surface area contributed by atoms with Crippen LogP contribution < -0.4 is 0 Å². The summed E-state index contributed by atoms with van der Waals surface area (Å²) < 4.78 is 18.4. The van der Waals surface area contributed by atoms with Crippen LogP contribution in [0.5, 0.6) is 0 Å². The van der Waals surface area contributed by atoms with E-state index in [0.29, 0.717) is 0 Å². The maximum absolute atomic E-state index is 13.3. The van der Waals surface area contributed by atoms with Gasteiger partial charge in [-0.2, -0.15) is 0 Å². The summed E-state index contributed by atoms with van der Waals surface area (Å²) in [5, 5.41) is 8.66. The largest absolute Gasteiger partial charge is 0.475 e. The number of hydrogen-bond donors (Lipinski definition) is 1. The highest BCUT2D eigenvalue weighted by Gasteiger charge is 2.17. The van der Waals surface area contributed by atoms with E-state index in [1.165, 1.54) is 24.3 Å². The first-order valence-electron chi connectivity index (χ1n) is 4.82. The van der Waals surface area contributed by atoms with Crippen molar-refractivity contribution in [1.82, 2.24) is 0 Å². The molecule has 0 unspecified atom stereocenters. The molecule has 1 aromatic heterocycles. The van der Waals surface area contributed by atoms with E-state index < -0.39 is 17.6 Å². The molecule has 0 aliphatic rings. The van der Waals surface area contributed by atoms with Crippen molar-refractivity contribution in [2.24, 2.45) is 0 Å². The van der Waals surface area contributed by atoms with Crippen LogP contribution in [0, 0.1) is 5.82 Å². The number of carbonyl (C=O) groups excluding carboxylic acids is 1. The number of benzene rings is 1. The third-order valence-electron chi connectivity index (χ3n) is 2.22. The number of halogens is 2. The van der Waals surface area contributed by atoms with Gasteiger partial charge < -0.3 is 9.52 Å². The smallest absolute Gasteiger partial charge is 0.371 e. The van der Waals surface area contributed by atoms with Crippen LogP contribution in [0.4, 0.5) is 4.39 Å². The van der Waals surface area contributed by atoms with Crippen LogP contribution in [0.15, 0.2) is 39.2 Å². The average molecular weight is 313 g/mol. The van der Waals surface area contributed by atoms with E-state index >= 15 is 0 Å². The summed E-state index contributed by atoms with van der Waals surface area (Å²) in [5.74, 6) is -2.90. The predicted octanol–water partition coefficient (Wildman–Crippen LogP) is 3.11. The maximum Gasteiger partial charge on any atom is 0.371 e. The first-order valence-corrected chi connectivity index (χ1v) is 5.61. The zero-order valence-electron chi connectivity index (χ0n) is 8.81. The molecule has 0 saturated heterocycles. The molecule has 0 saturated carbocycles. The Balaban J connectivity index is 2.35. The van der Waals surface area contributed by atoms with Crippen molar-refractivity contribution in [3.05, 3.63) is 57.7 Å². The minimum Gasteiger partial charge on any atom is -0.475 e. The van der Waals surface area contributed by atoms with Crippen LogP contribution >= 0.6 is 15.9 Å². The minimum atomic E-state index is -1.27. The minimum absolute atomic E-state index is 0.0852. The van der Waals surface area contributed by atoms with Crippen LogP contribution in [0.1, 0.15) is 26.7 Å². The van der Waals surface area contributed by atoms with Crippen molar-refractivity contribution in [3.63, 3.8) is 0 Å². The lowest BCUT2D eigenvalue weighted by molar-refractivity contribution is 0.0660. The van der Waals surface area contributed by atoms with Gasteiger partial charge in [0, 0.05) is 5.56 Å². The van der Waals surface area contributed by atoms with Gasteiger partial charge in [0.1, 0.15) is 5.82 Å². The Morgan fingerprint density at radius 2 is 1.83 bits per heavy atom. The summed E-state index contributed by atoms with van der Waals surface area (Å²) in [6.45, 7) is 0. The molecule has 1 N–H and O–H groups in total. The highest BCUT2D eigenvalue weighted by atomic mass is 79.9. The van der Waals surface area contributed by atoms with E-state index in [0.717, 1.165) is 6.07 Å². The molecule has 0 aliphatic carbocycles. The van der Waals surface area contributed by atoms with E-state index in [2.05, 4.69) is 15.9 Å². The summed E-state index contributed by atoms with van der Waals surface area (Å²) in [4.78, 5) is 22.5. The SMILES string of the molecule is O=C(O)c1ccc(C(=O)c2ccc(Br)c(F)c2)o1. The van der Waals surface area contributed by atoms with Gasteiger partial charge in [-0.1, -0.05) is 0 Å². The zero-order valence-corrected chi connectivity index (χ0v) is 10.4. The molecule has 2 rings (SSSR count). The Morgan fingerprint density at radius 3 is 2.39 bits per heavy atom. The number of rotatable bonds is 3. The molecule has 2 aromatic rings. The summed E-state index contributed by atoms with van der Waals surface area (Å²) in [5.41, 5.74) is 0.0852. The van der Waals surface area contributed by atoms with Gasteiger partial charge in [0.2, 0.25) is 11.5 Å². The number of aromatic carboxylic acids is 1. The summed E-state index contributed by atoms with van der Waals surface area (Å²) in [6.07, 6.45) is 0. The van der Waals surface area contributed by atoms with Crippen LogP contribution in [-0.2, 0) is 0 Å². The fourth-order valence-corrected chi connectivity index (χ4v) is 1.60. The molecule has 0 atom stereocenters. The van der Waals surface area contributed by atoms with Crippen molar-refractivity contribution in [3.8, 4) is 0 Å². The fourth-order valence-electron chi connectivity index (χ4n) is 1.35. The fraction of sp³-hybridized carbons (Fsp3) is 0. The maximum atomic E-state index is 13.3. The molecular formula is C12H6BrFO4. The zero-order chi connectivity index (χ0) is 13.3. The second-order valence-electron chi connectivity index (χ2n) is 3.43. The molecule has 4 nitrogen and oxygen atoms in total. The molecular weight excluding hydrogens is 307 g/mol. The topological polar surface area (TPSA) is 67.5 Å². The Labute approximate surface area is 109 Å². The van der Waals surface area contributed by atoms with E-state index in [1.807, 2.05) is 0 Å². The van der Waals surface area contributed by atoms with Gasteiger partial charge in [-0.05, 0) is 46.3 Å². The van der Waals surface area contributed by atoms with Gasteiger partial charge in [-0.25, -0.2) is 9.18 Å². The molecule has 0 amide bonds. The molecule has 0 fully saturated rings. The number of furan rings is 1. The van der Waals surface area contributed by atoms with Gasteiger partial charge >= 0.3 is 5.97 Å². The van der Waals surface area contributed by atoms with Crippen LogP contribution in [0.25, 0.3) is 0 Å². The summed E-state index contributed by atoms with van der Waals surface area (Å²) in [6, 6.07) is 6.27. The van der Waals surface area contributed by atoms with Gasteiger partial charge in [0.05, 0.1) is 4.47 Å². The highest BCUT2D eigenvalue weighted by molar-refractivity contribution is 9.10. The molecule has 92 valence electrons. The molecule has 0 bridgehead atoms. The lowest BCUT2D eigenvalue weighted by atomic mass is 10.1. The third-order valence-corrected chi connectivity index (χ3v) is 2.87. The van der Waals surface area contributed by atoms with Crippen LogP contribution in [0.3, 0.4) is 0 Å². The molecule has 0 spiro atoms. The van der Waals surface area contributed by atoms with Crippen LogP contribution in [-0.4, -0.2) is 16.9 Å². The van der Waals surface area contributed by atoms with E-state index in [4.69, 9.17) is 9.52 Å². The van der Waals surface area contributed by atoms with Gasteiger partial charge in [0.25, 0.3) is 0 Å². The predicted molar refractivity (Wildman–Crippen MR) is 63.2 cm³/mol. The number of carboxylic acid groups (broad SMARTS) is 1. The molecule has 1 aromatic carbocycles. The number of carboxylic acids is 1. The van der Waals surface area contributed by atoms with E-state index in [1.54, 1.807) is 0 Å². The van der Waals surface area contributed by atoms with Crippen molar-refractivity contribution >= 4 is 27.7 Å². The lowest BCUT2D eigenvalue weighted by Gasteiger charge is -1.99. The lowest BCUT2D eigenvalue weighted by Crippen LogP contribution is -2.01. The Kier molecular flexibility index (Phi) is 3.29.